The first kappa shape index (κ1) is 12.2. The van der Waals surface area contributed by atoms with E-state index in [1.54, 1.807) is 12.1 Å². The number of methoxy groups -OCH3 is 2. The third-order valence-electron chi connectivity index (χ3n) is 3.19. The molecular formula is C13H15ClO3. The number of ether oxygens (including phenoxy) is 2. The summed E-state index contributed by atoms with van der Waals surface area (Å²) < 4.78 is 10.3. The molecule has 1 saturated carbocycles. The van der Waals surface area contributed by atoms with Crippen LogP contribution in [0.2, 0.25) is 5.02 Å². The Morgan fingerprint density at radius 2 is 2.00 bits per heavy atom. The maximum absolute atomic E-state index is 12.1. The minimum Gasteiger partial charge on any atom is -0.493 e. The van der Waals surface area contributed by atoms with Gasteiger partial charge < -0.3 is 9.47 Å². The fraction of sp³-hybridized carbons (Fsp3) is 0.462. The van der Waals surface area contributed by atoms with E-state index in [2.05, 4.69) is 0 Å². The van der Waals surface area contributed by atoms with E-state index in [1.165, 1.54) is 14.2 Å². The number of rotatable bonds is 4. The maximum atomic E-state index is 12.1. The van der Waals surface area contributed by atoms with E-state index in [0.29, 0.717) is 22.1 Å². The molecule has 0 aliphatic heterocycles. The summed E-state index contributed by atoms with van der Waals surface area (Å²) in [6, 6.07) is 3.36. The molecule has 3 nitrogen and oxygen atoms in total. The van der Waals surface area contributed by atoms with Crippen molar-refractivity contribution < 1.29 is 14.3 Å². The van der Waals surface area contributed by atoms with Gasteiger partial charge in [0.1, 0.15) is 0 Å². The van der Waals surface area contributed by atoms with Crippen LogP contribution in [0.25, 0.3) is 0 Å². The molecule has 0 heterocycles. The van der Waals surface area contributed by atoms with Crippen LogP contribution in [0.5, 0.6) is 11.5 Å². The number of carbonyl (C=O) groups is 1. The predicted octanol–water partition coefficient (Wildman–Crippen LogP) is 3.34. The number of benzene rings is 1. The summed E-state index contributed by atoms with van der Waals surface area (Å²) in [5, 5.41) is 0.412. The standard InChI is InChI=1S/C13H15ClO3/c1-16-11-7-9(6-10(14)13(11)17-2)12(15)8-4-3-5-8/h6-8H,3-5H2,1-2H3. The molecule has 0 atom stereocenters. The molecule has 0 aromatic heterocycles. The summed E-state index contributed by atoms with van der Waals surface area (Å²) in [6.45, 7) is 0. The first-order valence-electron chi connectivity index (χ1n) is 5.63. The second kappa shape index (κ2) is 4.96. The van der Waals surface area contributed by atoms with Crippen molar-refractivity contribution in [3.05, 3.63) is 22.7 Å². The van der Waals surface area contributed by atoms with Crippen LogP contribution in [0.15, 0.2) is 12.1 Å². The van der Waals surface area contributed by atoms with E-state index in [-0.39, 0.29) is 11.7 Å². The van der Waals surface area contributed by atoms with Crippen molar-refractivity contribution >= 4 is 17.4 Å². The summed E-state index contributed by atoms with van der Waals surface area (Å²) in [5.74, 6) is 1.28. The molecule has 92 valence electrons. The lowest BCUT2D eigenvalue weighted by Crippen LogP contribution is -2.22. The van der Waals surface area contributed by atoms with Gasteiger partial charge in [-0.25, -0.2) is 0 Å². The normalized spacial score (nSPS) is 15.2. The molecule has 0 amide bonds. The predicted molar refractivity (Wildman–Crippen MR) is 66.2 cm³/mol. The van der Waals surface area contributed by atoms with Gasteiger partial charge in [-0.1, -0.05) is 18.0 Å². The van der Waals surface area contributed by atoms with Crippen molar-refractivity contribution in [2.45, 2.75) is 19.3 Å². The highest BCUT2D eigenvalue weighted by Crippen LogP contribution is 2.38. The number of Topliss-reactive ketones (excluding diaryl/α,β-unsaturated/α-hetero) is 1. The second-order valence-corrected chi connectivity index (χ2v) is 4.59. The van der Waals surface area contributed by atoms with Crippen LogP contribution in [0.4, 0.5) is 0 Å². The first-order chi connectivity index (χ1) is 8.17. The zero-order valence-electron chi connectivity index (χ0n) is 9.96. The molecule has 0 saturated heterocycles. The minimum atomic E-state index is 0.152. The molecule has 1 aromatic rings. The highest BCUT2D eigenvalue weighted by atomic mass is 35.5. The number of carbonyl (C=O) groups excluding carboxylic acids is 1. The lowest BCUT2D eigenvalue weighted by Gasteiger charge is -2.24. The monoisotopic (exact) mass is 254 g/mol. The molecule has 0 spiro atoms. The molecular weight excluding hydrogens is 240 g/mol. The third kappa shape index (κ3) is 2.25. The van der Waals surface area contributed by atoms with Gasteiger partial charge in [-0.05, 0) is 25.0 Å². The van der Waals surface area contributed by atoms with Crippen LogP contribution in [0.1, 0.15) is 29.6 Å². The van der Waals surface area contributed by atoms with Gasteiger partial charge in [0.25, 0.3) is 0 Å². The van der Waals surface area contributed by atoms with E-state index in [1.807, 2.05) is 0 Å². The number of ketones is 1. The largest absolute Gasteiger partial charge is 0.493 e. The van der Waals surface area contributed by atoms with Gasteiger partial charge in [0.2, 0.25) is 0 Å². The molecule has 1 aliphatic carbocycles. The molecule has 0 N–H and O–H groups in total. The summed E-state index contributed by atoms with van der Waals surface area (Å²) in [4.78, 5) is 12.1. The molecule has 17 heavy (non-hydrogen) atoms. The van der Waals surface area contributed by atoms with Gasteiger partial charge in [0, 0.05) is 11.5 Å². The van der Waals surface area contributed by atoms with Gasteiger partial charge in [0.15, 0.2) is 17.3 Å². The molecule has 2 rings (SSSR count). The Kier molecular flexibility index (Phi) is 3.57. The van der Waals surface area contributed by atoms with Crippen LogP contribution >= 0.6 is 11.6 Å². The average Bonchev–Trinajstić information content (AvgIpc) is 2.25. The highest BCUT2D eigenvalue weighted by Gasteiger charge is 2.27. The van der Waals surface area contributed by atoms with Gasteiger partial charge in [-0.2, -0.15) is 0 Å². The highest BCUT2D eigenvalue weighted by molar-refractivity contribution is 6.32. The number of hydrogen-bond acceptors (Lipinski definition) is 3. The Hall–Kier alpha value is -1.22. The molecule has 1 fully saturated rings. The van der Waals surface area contributed by atoms with Crippen molar-refractivity contribution in [1.29, 1.82) is 0 Å². The Labute approximate surface area is 106 Å². The summed E-state index contributed by atoms with van der Waals surface area (Å²) >= 11 is 6.07. The Bertz CT molecular complexity index is 439. The number of hydrogen-bond donors (Lipinski definition) is 0. The van der Waals surface area contributed by atoms with E-state index in [4.69, 9.17) is 21.1 Å². The van der Waals surface area contributed by atoms with Gasteiger partial charge in [-0.3, -0.25) is 4.79 Å². The van der Waals surface area contributed by atoms with Crippen LogP contribution in [0, 0.1) is 5.92 Å². The number of halogens is 1. The molecule has 1 aliphatic rings. The lowest BCUT2D eigenvalue weighted by molar-refractivity contribution is 0.0855. The molecule has 4 heteroatoms. The summed E-state index contributed by atoms with van der Waals surface area (Å²) in [6.07, 6.45) is 3.09. The average molecular weight is 255 g/mol. The Balaban J connectivity index is 2.35. The minimum absolute atomic E-state index is 0.152. The molecule has 1 aromatic carbocycles. The van der Waals surface area contributed by atoms with Crippen molar-refractivity contribution in [3.8, 4) is 11.5 Å². The smallest absolute Gasteiger partial charge is 0.179 e. The van der Waals surface area contributed by atoms with Gasteiger partial charge in [0.05, 0.1) is 19.2 Å². The van der Waals surface area contributed by atoms with Crippen molar-refractivity contribution in [3.63, 3.8) is 0 Å². The fourth-order valence-electron chi connectivity index (χ4n) is 1.97. The van der Waals surface area contributed by atoms with Crippen molar-refractivity contribution in [2.24, 2.45) is 5.92 Å². The SMILES string of the molecule is COc1cc(C(=O)C2CCC2)cc(Cl)c1OC. The van der Waals surface area contributed by atoms with Crippen molar-refractivity contribution in [2.75, 3.05) is 14.2 Å². The lowest BCUT2D eigenvalue weighted by atomic mass is 9.80. The van der Waals surface area contributed by atoms with Gasteiger partial charge in [-0.15, -0.1) is 0 Å². The van der Waals surface area contributed by atoms with Gasteiger partial charge >= 0.3 is 0 Å². The van der Waals surface area contributed by atoms with Crippen LogP contribution in [0.3, 0.4) is 0 Å². The summed E-state index contributed by atoms with van der Waals surface area (Å²) in [5.41, 5.74) is 0.609. The second-order valence-electron chi connectivity index (χ2n) is 4.19. The fourth-order valence-corrected chi connectivity index (χ4v) is 2.25. The zero-order chi connectivity index (χ0) is 12.4. The Morgan fingerprint density at radius 1 is 1.29 bits per heavy atom. The summed E-state index contributed by atoms with van der Waals surface area (Å²) in [7, 11) is 3.06. The molecule has 0 radical (unpaired) electrons. The van der Waals surface area contributed by atoms with Crippen molar-refractivity contribution in [1.82, 2.24) is 0 Å². The quantitative estimate of drug-likeness (QED) is 0.773. The Morgan fingerprint density at radius 3 is 2.47 bits per heavy atom. The molecule has 0 bridgehead atoms. The van der Waals surface area contributed by atoms with E-state index in [0.717, 1.165) is 19.3 Å². The third-order valence-corrected chi connectivity index (χ3v) is 3.47. The zero-order valence-corrected chi connectivity index (χ0v) is 10.7. The van der Waals surface area contributed by atoms with E-state index < -0.39 is 0 Å². The van der Waals surface area contributed by atoms with Crippen LogP contribution in [-0.2, 0) is 0 Å². The molecule has 0 unspecified atom stereocenters. The first-order valence-corrected chi connectivity index (χ1v) is 6.01. The van der Waals surface area contributed by atoms with E-state index >= 15 is 0 Å². The van der Waals surface area contributed by atoms with Crippen LogP contribution in [-0.4, -0.2) is 20.0 Å². The maximum Gasteiger partial charge on any atom is 0.179 e. The van der Waals surface area contributed by atoms with Crippen LogP contribution < -0.4 is 9.47 Å². The van der Waals surface area contributed by atoms with E-state index in [9.17, 15) is 4.79 Å². The topological polar surface area (TPSA) is 35.5 Å².